The summed E-state index contributed by atoms with van der Waals surface area (Å²) in [6.07, 6.45) is 0. The van der Waals surface area contributed by atoms with Gasteiger partial charge in [0.15, 0.2) is 5.82 Å². The second kappa shape index (κ2) is 18.6. The van der Waals surface area contributed by atoms with Crippen LogP contribution in [-0.2, 0) is 0 Å². The van der Waals surface area contributed by atoms with Crippen molar-refractivity contribution in [1.82, 2.24) is 19.1 Å². The maximum atomic E-state index is 11.1. The lowest BCUT2D eigenvalue weighted by molar-refractivity contribution is 1.18. The van der Waals surface area contributed by atoms with E-state index in [0.717, 1.165) is 78.1 Å². The first-order chi connectivity index (χ1) is 37.6. The van der Waals surface area contributed by atoms with Gasteiger partial charge in [0.25, 0.3) is 0 Å². The van der Waals surface area contributed by atoms with Crippen molar-refractivity contribution < 1.29 is 0 Å². The van der Waals surface area contributed by atoms with E-state index in [2.05, 4.69) is 228 Å². The molecular formula is C71H45N5. The SMILES string of the molecule is N#Cc1cc(-c2ccc(-n3c4ccccc4c4cc(-c5ccccc5)ccc43)cc2)c(-c2ccc(-n3c4ccccc4c4cc(-c5ccccc5)ccc43)cc2)cc1-c1cc(-c2ccccc2)nc(-c2ccccc2)n1. The summed E-state index contributed by atoms with van der Waals surface area (Å²) in [7, 11) is 0. The van der Waals surface area contributed by atoms with E-state index in [0.29, 0.717) is 17.1 Å². The Kier molecular flexibility index (Phi) is 10.8. The molecule has 0 aliphatic carbocycles. The monoisotopic (exact) mass is 967 g/mol. The number of hydrogen-bond acceptors (Lipinski definition) is 3. The Morgan fingerprint density at radius 3 is 1.16 bits per heavy atom. The maximum Gasteiger partial charge on any atom is 0.160 e. The van der Waals surface area contributed by atoms with Crippen LogP contribution < -0.4 is 0 Å². The summed E-state index contributed by atoms with van der Waals surface area (Å²) in [5.41, 5.74) is 19.9. The number of benzene rings is 11. The van der Waals surface area contributed by atoms with E-state index >= 15 is 0 Å². The first-order valence-corrected chi connectivity index (χ1v) is 25.6. The Balaban J connectivity index is 0.932. The quantitative estimate of drug-likeness (QED) is 0.145. The molecule has 0 spiro atoms. The molecule has 0 saturated carbocycles. The van der Waals surface area contributed by atoms with Crippen LogP contribution in [0.4, 0.5) is 0 Å². The van der Waals surface area contributed by atoms with E-state index in [1.807, 2.05) is 60.7 Å². The topological polar surface area (TPSA) is 59.4 Å². The molecule has 11 aromatic carbocycles. The molecule has 0 saturated heterocycles. The van der Waals surface area contributed by atoms with E-state index in [1.54, 1.807) is 0 Å². The van der Waals surface area contributed by atoms with Crippen molar-refractivity contribution in [3.8, 4) is 95.9 Å². The van der Waals surface area contributed by atoms with Gasteiger partial charge in [0, 0.05) is 49.6 Å². The summed E-state index contributed by atoms with van der Waals surface area (Å²) in [5.74, 6) is 0.592. The molecule has 3 heterocycles. The van der Waals surface area contributed by atoms with Crippen molar-refractivity contribution in [3.63, 3.8) is 0 Å². The van der Waals surface area contributed by atoms with E-state index in [9.17, 15) is 5.26 Å². The number of rotatable bonds is 9. The Hall–Kier alpha value is -10.4. The van der Waals surface area contributed by atoms with Crippen molar-refractivity contribution >= 4 is 43.6 Å². The Morgan fingerprint density at radius 1 is 0.276 bits per heavy atom. The largest absolute Gasteiger partial charge is 0.309 e. The molecular weight excluding hydrogens is 923 g/mol. The highest BCUT2D eigenvalue weighted by Crippen LogP contribution is 2.42. The van der Waals surface area contributed by atoms with Crippen molar-refractivity contribution in [1.29, 1.82) is 5.26 Å². The Labute approximate surface area is 440 Å². The highest BCUT2D eigenvalue weighted by molar-refractivity contribution is 6.12. The molecule has 5 nitrogen and oxygen atoms in total. The van der Waals surface area contributed by atoms with Crippen LogP contribution in [0.5, 0.6) is 0 Å². The molecule has 0 fully saturated rings. The molecule has 14 rings (SSSR count). The van der Waals surface area contributed by atoms with E-state index in [1.165, 1.54) is 43.8 Å². The number of nitrogens with zero attached hydrogens (tertiary/aromatic N) is 5. The van der Waals surface area contributed by atoms with Crippen molar-refractivity contribution in [2.45, 2.75) is 0 Å². The van der Waals surface area contributed by atoms with Crippen LogP contribution in [0, 0.1) is 11.3 Å². The van der Waals surface area contributed by atoms with Crippen LogP contribution in [0.25, 0.3) is 133 Å². The van der Waals surface area contributed by atoms with Crippen molar-refractivity contribution in [3.05, 3.63) is 279 Å². The van der Waals surface area contributed by atoms with Crippen LogP contribution in [0.2, 0.25) is 0 Å². The average Bonchev–Trinajstić information content (AvgIpc) is 4.02. The molecule has 0 aliphatic rings. The molecule has 5 heteroatoms. The van der Waals surface area contributed by atoms with Gasteiger partial charge in [0.05, 0.1) is 45.1 Å². The van der Waals surface area contributed by atoms with Gasteiger partial charge in [-0.2, -0.15) is 5.26 Å². The van der Waals surface area contributed by atoms with Crippen LogP contribution in [0.15, 0.2) is 273 Å². The lowest BCUT2D eigenvalue weighted by Crippen LogP contribution is -1.99. The van der Waals surface area contributed by atoms with Gasteiger partial charge in [-0.1, -0.05) is 194 Å². The number of nitriles is 1. The standard InChI is InChI=1S/C71H45N5/c72-46-55-43-60(49-29-35-56(36-30-49)75-67-27-15-13-25-58(67)63-41-53(33-39-69(63)75)47-17-5-1-6-18-47)61(44-62(55)66-45-65(51-21-9-3-10-22-51)73-71(74-66)52-23-11-4-12-24-52)50-31-37-57(38-32-50)76-68-28-16-14-26-59(68)64-42-54(34-40-70(64)76)48-19-7-2-8-20-48/h1-45H. The molecule has 0 N–H and O–H groups in total. The Bertz CT molecular complexity index is 4470. The molecule has 0 radical (unpaired) electrons. The summed E-state index contributed by atoms with van der Waals surface area (Å²) in [6.45, 7) is 0. The van der Waals surface area contributed by atoms with Crippen LogP contribution >= 0.6 is 0 Å². The minimum absolute atomic E-state index is 0.521. The van der Waals surface area contributed by atoms with E-state index in [4.69, 9.17) is 9.97 Å². The predicted octanol–water partition coefficient (Wildman–Crippen LogP) is 18.2. The van der Waals surface area contributed by atoms with Gasteiger partial charge in [-0.25, -0.2) is 9.97 Å². The lowest BCUT2D eigenvalue weighted by Gasteiger charge is -2.17. The lowest BCUT2D eigenvalue weighted by atomic mass is 9.89. The summed E-state index contributed by atoms with van der Waals surface area (Å²) in [4.78, 5) is 10.3. The molecule has 0 atom stereocenters. The van der Waals surface area contributed by atoms with Gasteiger partial charge < -0.3 is 9.13 Å². The number of fused-ring (bicyclic) bond motifs is 6. The van der Waals surface area contributed by atoms with Gasteiger partial charge in [-0.3, -0.25) is 0 Å². The van der Waals surface area contributed by atoms with Crippen LogP contribution in [-0.4, -0.2) is 19.1 Å². The molecule has 0 bridgehead atoms. The summed E-state index contributed by atoms with van der Waals surface area (Å²) in [6, 6.07) is 98.7. The fourth-order valence-electron chi connectivity index (χ4n) is 11.1. The highest BCUT2D eigenvalue weighted by Gasteiger charge is 2.21. The second-order valence-corrected chi connectivity index (χ2v) is 19.2. The normalized spacial score (nSPS) is 11.4. The fraction of sp³-hybridized carbons (Fsp3) is 0. The predicted molar refractivity (Wildman–Crippen MR) is 313 cm³/mol. The second-order valence-electron chi connectivity index (χ2n) is 19.2. The minimum atomic E-state index is 0.521. The molecule has 354 valence electrons. The molecule has 14 aromatic rings. The van der Waals surface area contributed by atoms with Gasteiger partial charge >= 0.3 is 0 Å². The first-order valence-electron chi connectivity index (χ1n) is 25.6. The first kappa shape index (κ1) is 44.3. The van der Waals surface area contributed by atoms with E-state index in [-0.39, 0.29) is 0 Å². The zero-order valence-electron chi connectivity index (χ0n) is 41.2. The molecule has 76 heavy (non-hydrogen) atoms. The minimum Gasteiger partial charge on any atom is -0.309 e. The van der Waals surface area contributed by atoms with Crippen molar-refractivity contribution in [2.24, 2.45) is 0 Å². The number of hydrogen-bond donors (Lipinski definition) is 0. The fourth-order valence-corrected chi connectivity index (χ4v) is 11.1. The third-order valence-corrected chi connectivity index (χ3v) is 14.8. The molecule has 0 amide bonds. The summed E-state index contributed by atoms with van der Waals surface area (Å²) in [5, 5.41) is 16.0. The maximum absolute atomic E-state index is 11.1. The van der Waals surface area contributed by atoms with Gasteiger partial charge in [-0.05, 0) is 123 Å². The molecule has 0 unspecified atom stereocenters. The molecule has 0 aliphatic heterocycles. The zero-order valence-corrected chi connectivity index (χ0v) is 41.2. The molecule has 3 aromatic heterocycles. The van der Waals surface area contributed by atoms with Gasteiger partial charge in [0.2, 0.25) is 0 Å². The van der Waals surface area contributed by atoms with Crippen molar-refractivity contribution in [2.75, 3.05) is 0 Å². The highest BCUT2D eigenvalue weighted by atomic mass is 15.0. The van der Waals surface area contributed by atoms with Crippen LogP contribution in [0.3, 0.4) is 0 Å². The number of aromatic nitrogens is 4. The Morgan fingerprint density at radius 2 is 0.671 bits per heavy atom. The third kappa shape index (κ3) is 7.72. The summed E-state index contributed by atoms with van der Waals surface area (Å²) < 4.78 is 4.72. The van der Waals surface area contributed by atoms with E-state index < -0.39 is 0 Å². The zero-order chi connectivity index (χ0) is 50.5. The summed E-state index contributed by atoms with van der Waals surface area (Å²) >= 11 is 0. The number of para-hydroxylation sites is 2. The van der Waals surface area contributed by atoms with Gasteiger partial charge in [0.1, 0.15) is 0 Å². The van der Waals surface area contributed by atoms with Gasteiger partial charge in [-0.15, -0.1) is 0 Å². The smallest absolute Gasteiger partial charge is 0.160 e. The average molecular weight is 968 g/mol. The third-order valence-electron chi connectivity index (χ3n) is 14.8. The van der Waals surface area contributed by atoms with Crippen LogP contribution in [0.1, 0.15) is 5.56 Å².